The summed E-state index contributed by atoms with van der Waals surface area (Å²) in [7, 11) is 0. The Bertz CT molecular complexity index is 628. The van der Waals surface area contributed by atoms with Gasteiger partial charge in [0.2, 0.25) is 0 Å². The van der Waals surface area contributed by atoms with Crippen LogP contribution in [0.5, 0.6) is 0 Å². The van der Waals surface area contributed by atoms with Gasteiger partial charge < -0.3 is 5.32 Å². The number of halogens is 4. The first kappa shape index (κ1) is 15.5. The average molecular weight is 297 g/mol. The first-order valence-corrected chi connectivity index (χ1v) is 6.66. The van der Waals surface area contributed by atoms with Gasteiger partial charge in [-0.1, -0.05) is 13.0 Å². The third-order valence-corrected chi connectivity index (χ3v) is 3.14. The maximum Gasteiger partial charge on any atom is 0.159 e. The Balaban J connectivity index is 2.46. The highest BCUT2D eigenvalue weighted by Crippen LogP contribution is 2.26. The van der Waals surface area contributed by atoms with Gasteiger partial charge in [-0.25, -0.2) is 17.6 Å². The summed E-state index contributed by atoms with van der Waals surface area (Å²) >= 11 is 0. The molecule has 1 atom stereocenters. The van der Waals surface area contributed by atoms with Gasteiger partial charge in [0.15, 0.2) is 11.6 Å². The Morgan fingerprint density at radius 2 is 1.62 bits per heavy atom. The quantitative estimate of drug-likeness (QED) is 0.810. The smallest absolute Gasteiger partial charge is 0.159 e. The highest BCUT2D eigenvalue weighted by molar-refractivity contribution is 5.33. The molecular formula is C16H15F4N. The van der Waals surface area contributed by atoms with Gasteiger partial charge in [0, 0.05) is 5.56 Å². The monoisotopic (exact) mass is 297 g/mol. The molecule has 0 aliphatic carbocycles. The van der Waals surface area contributed by atoms with Crippen LogP contribution in [0.1, 0.15) is 30.5 Å². The molecule has 0 aliphatic rings. The van der Waals surface area contributed by atoms with Crippen molar-refractivity contribution >= 4 is 0 Å². The Morgan fingerprint density at radius 3 is 2.29 bits per heavy atom. The maximum absolute atomic E-state index is 13.9. The van der Waals surface area contributed by atoms with Crippen molar-refractivity contribution in [3.8, 4) is 0 Å². The molecule has 0 heterocycles. The van der Waals surface area contributed by atoms with E-state index in [4.69, 9.17) is 0 Å². The molecule has 2 aromatic carbocycles. The Labute approximate surface area is 120 Å². The van der Waals surface area contributed by atoms with Crippen LogP contribution in [0.4, 0.5) is 17.6 Å². The first-order chi connectivity index (χ1) is 10.0. The summed E-state index contributed by atoms with van der Waals surface area (Å²) in [6.45, 7) is 2.44. The van der Waals surface area contributed by atoms with E-state index >= 15 is 0 Å². The standard InChI is InChI=1S/C16H15F4N/c1-2-7-21-16(10-3-5-14(19)15(20)8-10)12-9-11(17)4-6-13(12)18/h3-6,8-9,16,21H,2,7H2,1H3. The molecule has 0 amide bonds. The molecule has 2 aromatic rings. The Morgan fingerprint density at radius 1 is 0.905 bits per heavy atom. The summed E-state index contributed by atoms with van der Waals surface area (Å²) in [6, 6.07) is 5.68. The minimum Gasteiger partial charge on any atom is -0.306 e. The van der Waals surface area contributed by atoms with Crippen LogP contribution in [-0.4, -0.2) is 6.54 Å². The first-order valence-electron chi connectivity index (χ1n) is 6.66. The lowest BCUT2D eigenvalue weighted by atomic mass is 9.97. The lowest BCUT2D eigenvalue weighted by Crippen LogP contribution is -2.24. The van der Waals surface area contributed by atoms with Gasteiger partial charge in [0.05, 0.1) is 6.04 Å². The molecule has 112 valence electrons. The number of benzene rings is 2. The molecule has 0 aliphatic heterocycles. The number of hydrogen-bond donors (Lipinski definition) is 1. The van der Waals surface area contributed by atoms with Crippen molar-refractivity contribution < 1.29 is 17.6 Å². The maximum atomic E-state index is 13.9. The van der Waals surface area contributed by atoms with Crippen LogP contribution in [0.2, 0.25) is 0 Å². The fourth-order valence-corrected chi connectivity index (χ4v) is 2.12. The summed E-state index contributed by atoms with van der Waals surface area (Å²) in [4.78, 5) is 0. The summed E-state index contributed by atoms with van der Waals surface area (Å²) in [5, 5.41) is 3.02. The molecule has 1 N–H and O–H groups in total. The molecule has 0 bridgehead atoms. The predicted molar refractivity (Wildman–Crippen MR) is 72.9 cm³/mol. The normalized spacial score (nSPS) is 12.4. The minimum atomic E-state index is -1.02. The van der Waals surface area contributed by atoms with E-state index in [2.05, 4.69) is 5.32 Å². The zero-order valence-corrected chi connectivity index (χ0v) is 11.5. The van der Waals surface area contributed by atoms with Crippen molar-refractivity contribution in [3.63, 3.8) is 0 Å². The van der Waals surface area contributed by atoms with Gasteiger partial charge in [-0.3, -0.25) is 0 Å². The lowest BCUT2D eigenvalue weighted by molar-refractivity contribution is 0.499. The topological polar surface area (TPSA) is 12.0 Å². The summed E-state index contributed by atoms with van der Waals surface area (Å²) in [5.41, 5.74) is 0.404. The van der Waals surface area contributed by atoms with E-state index in [-0.39, 0.29) is 5.56 Å². The van der Waals surface area contributed by atoms with E-state index < -0.39 is 29.3 Å². The van der Waals surface area contributed by atoms with Crippen molar-refractivity contribution in [2.24, 2.45) is 0 Å². The molecule has 0 radical (unpaired) electrons. The fourth-order valence-electron chi connectivity index (χ4n) is 2.12. The number of nitrogens with one attached hydrogen (secondary N) is 1. The lowest BCUT2D eigenvalue weighted by Gasteiger charge is -2.20. The molecular weight excluding hydrogens is 282 g/mol. The molecule has 1 unspecified atom stereocenters. The largest absolute Gasteiger partial charge is 0.306 e. The van der Waals surface area contributed by atoms with Crippen molar-refractivity contribution in [2.45, 2.75) is 19.4 Å². The van der Waals surface area contributed by atoms with E-state index in [9.17, 15) is 17.6 Å². The van der Waals surface area contributed by atoms with Gasteiger partial charge in [0.25, 0.3) is 0 Å². The SMILES string of the molecule is CCCNC(c1ccc(F)c(F)c1)c1cc(F)ccc1F. The number of rotatable bonds is 5. The van der Waals surface area contributed by atoms with Crippen molar-refractivity contribution in [1.29, 1.82) is 0 Å². The van der Waals surface area contributed by atoms with Crippen LogP contribution >= 0.6 is 0 Å². The molecule has 2 rings (SSSR count). The molecule has 0 fully saturated rings. The van der Waals surface area contributed by atoms with Crippen LogP contribution in [0, 0.1) is 23.3 Å². The van der Waals surface area contributed by atoms with Gasteiger partial charge in [0.1, 0.15) is 11.6 Å². The van der Waals surface area contributed by atoms with Crippen molar-refractivity contribution in [3.05, 3.63) is 70.8 Å². The van der Waals surface area contributed by atoms with E-state index in [1.807, 2.05) is 6.92 Å². The highest BCUT2D eigenvalue weighted by Gasteiger charge is 2.19. The molecule has 1 nitrogen and oxygen atoms in total. The summed E-state index contributed by atoms with van der Waals surface area (Å²) in [5.74, 6) is -3.19. The van der Waals surface area contributed by atoms with E-state index in [0.717, 1.165) is 36.8 Å². The van der Waals surface area contributed by atoms with Gasteiger partial charge in [-0.05, 0) is 48.9 Å². The second-order valence-electron chi connectivity index (χ2n) is 4.73. The fraction of sp³-hybridized carbons (Fsp3) is 0.250. The van der Waals surface area contributed by atoms with E-state index in [1.165, 1.54) is 6.07 Å². The van der Waals surface area contributed by atoms with Crippen LogP contribution in [0.25, 0.3) is 0 Å². The molecule has 0 saturated heterocycles. The van der Waals surface area contributed by atoms with Crippen LogP contribution in [0.15, 0.2) is 36.4 Å². The van der Waals surface area contributed by atoms with Gasteiger partial charge >= 0.3 is 0 Å². The summed E-state index contributed by atoms with van der Waals surface area (Å²) in [6.07, 6.45) is 0.761. The van der Waals surface area contributed by atoms with Gasteiger partial charge in [-0.15, -0.1) is 0 Å². The minimum absolute atomic E-state index is 0.0643. The second-order valence-corrected chi connectivity index (χ2v) is 4.73. The van der Waals surface area contributed by atoms with Crippen molar-refractivity contribution in [1.82, 2.24) is 5.32 Å². The average Bonchev–Trinajstić information content (AvgIpc) is 2.46. The van der Waals surface area contributed by atoms with Crippen LogP contribution in [-0.2, 0) is 0 Å². The molecule has 0 saturated carbocycles. The third-order valence-electron chi connectivity index (χ3n) is 3.14. The second kappa shape index (κ2) is 6.72. The van der Waals surface area contributed by atoms with Gasteiger partial charge in [-0.2, -0.15) is 0 Å². The molecule has 0 aromatic heterocycles. The molecule has 5 heteroatoms. The third kappa shape index (κ3) is 3.61. The molecule has 21 heavy (non-hydrogen) atoms. The Hall–Kier alpha value is -1.88. The van der Waals surface area contributed by atoms with E-state index in [0.29, 0.717) is 12.1 Å². The number of hydrogen-bond acceptors (Lipinski definition) is 1. The van der Waals surface area contributed by atoms with Crippen LogP contribution < -0.4 is 5.32 Å². The zero-order chi connectivity index (χ0) is 15.4. The zero-order valence-electron chi connectivity index (χ0n) is 11.5. The van der Waals surface area contributed by atoms with E-state index in [1.54, 1.807) is 0 Å². The highest BCUT2D eigenvalue weighted by atomic mass is 19.2. The molecule has 0 spiro atoms. The van der Waals surface area contributed by atoms with Crippen LogP contribution in [0.3, 0.4) is 0 Å². The Kier molecular flexibility index (Phi) is 4.96. The predicted octanol–water partition coefficient (Wildman–Crippen LogP) is 4.33. The van der Waals surface area contributed by atoms with Crippen molar-refractivity contribution in [2.75, 3.05) is 6.54 Å². The summed E-state index contributed by atoms with van der Waals surface area (Å²) < 4.78 is 53.7.